The molecule has 3 N–H and O–H groups in total. The molecule has 0 saturated carbocycles. The molecule has 0 spiro atoms. The second-order valence-electron chi connectivity index (χ2n) is 5.37. The molecule has 0 heterocycles. The molecule has 0 aromatic heterocycles. The summed E-state index contributed by atoms with van der Waals surface area (Å²) in [5.41, 5.74) is 6.50. The Morgan fingerprint density at radius 1 is 1.38 bits per heavy atom. The third kappa shape index (κ3) is 6.12. The van der Waals surface area contributed by atoms with E-state index in [1.807, 2.05) is 12.1 Å². The van der Waals surface area contributed by atoms with E-state index in [-0.39, 0.29) is 24.4 Å². The van der Waals surface area contributed by atoms with E-state index in [4.69, 9.17) is 22.1 Å². The van der Waals surface area contributed by atoms with Gasteiger partial charge in [0.1, 0.15) is 5.75 Å². The number of nitrogens with two attached hydrogens (primary N) is 1. The molecule has 1 unspecified atom stereocenters. The van der Waals surface area contributed by atoms with Crippen molar-refractivity contribution < 1.29 is 9.53 Å². The number of halogens is 2. The fourth-order valence-corrected chi connectivity index (χ4v) is 2.20. The van der Waals surface area contributed by atoms with Crippen molar-refractivity contribution in [1.82, 2.24) is 5.32 Å². The summed E-state index contributed by atoms with van der Waals surface area (Å²) in [4.78, 5) is 11.9. The van der Waals surface area contributed by atoms with Gasteiger partial charge in [0.05, 0.1) is 19.2 Å². The summed E-state index contributed by atoms with van der Waals surface area (Å²) in [6, 6.07) is 4.69. The van der Waals surface area contributed by atoms with Gasteiger partial charge in [-0.05, 0) is 37.5 Å². The molecule has 0 fully saturated rings. The minimum Gasteiger partial charge on any atom is -0.496 e. The van der Waals surface area contributed by atoms with Gasteiger partial charge in [-0.3, -0.25) is 4.79 Å². The minimum atomic E-state index is -0.546. The van der Waals surface area contributed by atoms with Gasteiger partial charge < -0.3 is 15.8 Å². The molecule has 0 saturated heterocycles. The van der Waals surface area contributed by atoms with Crippen molar-refractivity contribution in [1.29, 1.82) is 0 Å². The maximum Gasteiger partial charge on any atom is 0.237 e. The smallest absolute Gasteiger partial charge is 0.237 e. The SMILES string of the molecule is COc1ccc(Cl)cc1C(CC(C)C)NC(=O)[C@H](C)N.Cl. The van der Waals surface area contributed by atoms with E-state index in [0.29, 0.717) is 16.7 Å². The lowest BCUT2D eigenvalue weighted by Gasteiger charge is -2.24. The van der Waals surface area contributed by atoms with Gasteiger partial charge in [-0.2, -0.15) is 0 Å². The van der Waals surface area contributed by atoms with Crippen molar-refractivity contribution in [3.05, 3.63) is 28.8 Å². The molecule has 1 aromatic carbocycles. The summed E-state index contributed by atoms with van der Waals surface area (Å²) in [5.74, 6) is 0.944. The molecular weight excluding hydrogens is 311 g/mol. The molecule has 120 valence electrons. The zero-order chi connectivity index (χ0) is 15.3. The standard InChI is InChI=1S/C15H23ClN2O2.ClH/c1-9(2)7-13(18-15(19)10(3)17)12-8-11(16)5-6-14(12)20-4;/h5-6,8-10,13H,7,17H2,1-4H3,(H,18,19);1H/t10-,13?;/m0./s1. The predicted molar refractivity (Wildman–Crippen MR) is 89.2 cm³/mol. The summed E-state index contributed by atoms with van der Waals surface area (Å²) < 4.78 is 5.36. The summed E-state index contributed by atoms with van der Waals surface area (Å²) in [7, 11) is 1.60. The van der Waals surface area contributed by atoms with Gasteiger partial charge in [0, 0.05) is 10.6 Å². The average molecular weight is 335 g/mol. The number of amides is 1. The predicted octanol–water partition coefficient (Wildman–Crippen LogP) is 3.32. The third-order valence-corrected chi connectivity index (χ3v) is 3.24. The normalized spacial score (nSPS) is 13.3. The lowest BCUT2D eigenvalue weighted by atomic mass is 9.96. The molecule has 0 radical (unpaired) electrons. The molecule has 0 bridgehead atoms. The lowest BCUT2D eigenvalue weighted by molar-refractivity contribution is -0.122. The molecule has 0 aliphatic rings. The van der Waals surface area contributed by atoms with Crippen LogP contribution in [0.1, 0.15) is 38.8 Å². The Morgan fingerprint density at radius 2 is 2.00 bits per heavy atom. The summed E-state index contributed by atoms with van der Waals surface area (Å²) in [6.07, 6.45) is 0.787. The fourth-order valence-electron chi connectivity index (χ4n) is 2.02. The first-order valence-corrected chi connectivity index (χ1v) is 7.12. The van der Waals surface area contributed by atoms with Crippen molar-refractivity contribution in [3.8, 4) is 5.75 Å². The number of methoxy groups -OCH3 is 1. The largest absolute Gasteiger partial charge is 0.496 e. The van der Waals surface area contributed by atoms with E-state index in [0.717, 1.165) is 12.0 Å². The molecule has 0 aliphatic heterocycles. The Kier molecular flexibility index (Phi) is 8.71. The number of ether oxygens (including phenoxy) is 1. The molecule has 2 atom stereocenters. The zero-order valence-electron chi connectivity index (χ0n) is 12.9. The first-order valence-electron chi connectivity index (χ1n) is 6.74. The maximum absolute atomic E-state index is 11.9. The molecule has 21 heavy (non-hydrogen) atoms. The summed E-state index contributed by atoms with van der Waals surface area (Å²) in [6.45, 7) is 5.86. The fraction of sp³-hybridized carbons (Fsp3) is 0.533. The molecule has 1 amide bonds. The van der Waals surface area contributed by atoms with Crippen LogP contribution in [0.2, 0.25) is 5.02 Å². The highest BCUT2D eigenvalue weighted by Crippen LogP contribution is 2.31. The Hall–Kier alpha value is -0.970. The van der Waals surface area contributed by atoms with Crippen molar-refractivity contribution in [3.63, 3.8) is 0 Å². The third-order valence-electron chi connectivity index (χ3n) is 3.00. The van der Waals surface area contributed by atoms with Crippen LogP contribution in [0.5, 0.6) is 5.75 Å². The van der Waals surface area contributed by atoms with E-state index < -0.39 is 6.04 Å². The van der Waals surface area contributed by atoms with Crippen LogP contribution in [0.25, 0.3) is 0 Å². The highest BCUT2D eigenvalue weighted by molar-refractivity contribution is 6.30. The molecular formula is C15H24Cl2N2O2. The quantitative estimate of drug-likeness (QED) is 0.838. The van der Waals surface area contributed by atoms with Gasteiger partial charge in [-0.1, -0.05) is 25.4 Å². The van der Waals surface area contributed by atoms with Crippen LogP contribution in [0, 0.1) is 5.92 Å². The molecule has 0 aliphatic carbocycles. The Morgan fingerprint density at radius 3 is 2.48 bits per heavy atom. The van der Waals surface area contributed by atoms with Crippen molar-refractivity contribution >= 4 is 29.9 Å². The van der Waals surface area contributed by atoms with Gasteiger partial charge >= 0.3 is 0 Å². The molecule has 1 aromatic rings. The lowest BCUT2D eigenvalue weighted by Crippen LogP contribution is -2.40. The van der Waals surface area contributed by atoms with E-state index in [1.54, 1.807) is 20.1 Å². The van der Waals surface area contributed by atoms with Crippen LogP contribution in [0.15, 0.2) is 18.2 Å². The average Bonchev–Trinajstić information content (AvgIpc) is 2.37. The summed E-state index contributed by atoms with van der Waals surface area (Å²) in [5, 5.41) is 3.58. The van der Waals surface area contributed by atoms with Gasteiger partial charge in [0.2, 0.25) is 5.91 Å². The van der Waals surface area contributed by atoms with Crippen molar-refractivity contribution in [2.45, 2.75) is 39.3 Å². The van der Waals surface area contributed by atoms with E-state index in [1.165, 1.54) is 0 Å². The second kappa shape index (κ2) is 9.13. The number of benzene rings is 1. The van der Waals surface area contributed by atoms with Gasteiger partial charge in [-0.15, -0.1) is 12.4 Å². The molecule has 6 heteroatoms. The highest BCUT2D eigenvalue weighted by Gasteiger charge is 2.21. The Balaban J connectivity index is 0.00000400. The Labute approximate surface area is 137 Å². The monoisotopic (exact) mass is 334 g/mol. The number of hydrogen-bond donors (Lipinski definition) is 2. The molecule has 4 nitrogen and oxygen atoms in total. The number of rotatable bonds is 6. The number of carbonyl (C=O) groups is 1. The van der Waals surface area contributed by atoms with Gasteiger partial charge in [0.15, 0.2) is 0 Å². The van der Waals surface area contributed by atoms with E-state index in [2.05, 4.69) is 19.2 Å². The van der Waals surface area contributed by atoms with Gasteiger partial charge in [0.25, 0.3) is 0 Å². The topological polar surface area (TPSA) is 64.3 Å². The molecule has 1 rings (SSSR count). The van der Waals surface area contributed by atoms with Crippen LogP contribution in [0.4, 0.5) is 0 Å². The van der Waals surface area contributed by atoms with Gasteiger partial charge in [-0.25, -0.2) is 0 Å². The van der Waals surface area contributed by atoms with Crippen molar-refractivity contribution in [2.75, 3.05) is 7.11 Å². The Bertz CT molecular complexity index is 465. The summed E-state index contributed by atoms with van der Waals surface area (Å²) >= 11 is 6.06. The first-order chi connectivity index (χ1) is 9.35. The van der Waals surface area contributed by atoms with Crippen LogP contribution < -0.4 is 15.8 Å². The maximum atomic E-state index is 11.9. The zero-order valence-corrected chi connectivity index (χ0v) is 14.4. The van der Waals surface area contributed by atoms with Crippen LogP contribution in [-0.2, 0) is 4.79 Å². The van der Waals surface area contributed by atoms with Crippen molar-refractivity contribution in [2.24, 2.45) is 11.7 Å². The van der Waals surface area contributed by atoms with Crippen LogP contribution >= 0.6 is 24.0 Å². The minimum absolute atomic E-state index is 0. The highest BCUT2D eigenvalue weighted by atomic mass is 35.5. The second-order valence-corrected chi connectivity index (χ2v) is 5.80. The van der Waals surface area contributed by atoms with E-state index in [9.17, 15) is 4.79 Å². The van der Waals surface area contributed by atoms with E-state index >= 15 is 0 Å². The van der Waals surface area contributed by atoms with Crippen LogP contribution in [0.3, 0.4) is 0 Å². The number of hydrogen-bond acceptors (Lipinski definition) is 3. The first kappa shape index (κ1) is 20.0. The number of carbonyl (C=O) groups excluding carboxylic acids is 1. The number of nitrogens with one attached hydrogen (secondary N) is 1. The van der Waals surface area contributed by atoms with Crippen LogP contribution in [-0.4, -0.2) is 19.1 Å².